The van der Waals surface area contributed by atoms with Gasteiger partial charge in [0.25, 0.3) is 0 Å². The zero-order valence-corrected chi connectivity index (χ0v) is 13.5. The number of alkyl halides is 1. The Hall–Kier alpha value is -0.830. The molecule has 0 saturated carbocycles. The molecule has 1 atom stereocenters. The third-order valence-electron chi connectivity index (χ3n) is 3.16. The Morgan fingerprint density at radius 1 is 1.11 bits per heavy atom. The molecule has 2 aromatic carbocycles. The minimum Gasteiger partial charge on any atom is -0.143 e. The average molecular weight is 352 g/mol. The lowest BCUT2D eigenvalue weighted by molar-refractivity contribution is 1.20. The Labute approximate surface area is 130 Å². The van der Waals surface area contributed by atoms with Crippen LogP contribution in [0.4, 0.5) is 0 Å². The topological polar surface area (TPSA) is 0 Å². The quantitative estimate of drug-likeness (QED) is 0.475. The van der Waals surface area contributed by atoms with Crippen molar-refractivity contribution in [3.05, 3.63) is 68.3 Å². The second-order valence-electron chi connectivity index (χ2n) is 4.50. The van der Waals surface area contributed by atoms with Crippen LogP contribution in [0.1, 0.15) is 20.7 Å². The first-order chi connectivity index (χ1) is 9.16. The molecule has 0 aliphatic carbocycles. The van der Waals surface area contributed by atoms with E-state index in [1.807, 2.05) is 0 Å². The van der Waals surface area contributed by atoms with Crippen molar-refractivity contribution in [3.63, 3.8) is 0 Å². The minimum atomic E-state index is -0.112. The first kappa shape index (κ1) is 13.2. The van der Waals surface area contributed by atoms with Crippen molar-refractivity contribution in [3.8, 4) is 0 Å². The van der Waals surface area contributed by atoms with Gasteiger partial charge in [0.15, 0.2) is 0 Å². The molecular formula is C16H12BrClS. The van der Waals surface area contributed by atoms with Crippen LogP contribution < -0.4 is 0 Å². The zero-order chi connectivity index (χ0) is 13.4. The van der Waals surface area contributed by atoms with E-state index in [0.717, 1.165) is 4.47 Å². The molecule has 0 saturated heterocycles. The van der Waals surface area contributed by atoms with E-state index >= 15 is 0 Å². The lowest BCUT2D eigenvalue weighted by Gasteiger charge is -2.12. The van der Waals surface area contributed by atoms with E-state index in [4.69, 9.17) is 11.6 Å². The maximum atomic E-state index is 6.71. The fourth-order valence-corrected chi connectivity index (χ4v) is 4.74. The summed E-state index contributed by atoms with van der Waals surface area (Å²) in [5.41, 5.74) is 1.17. The molecule has 1 unspecified atom stereocenters. The number of hydrogen-bond donors (Lipinski definition) is 0. The SMILES string of the molecule is Cc1cc(Br)c(C(Cl)c2cccc3ccccc23)s1. The van der Waals surface area contributed by atoms with E-state index in [0.29, 0.717) is 0 Å². The number of aryl methyl sites for hydroxylation is 1. The highest BCUT2D eigenvalue weighted by Crippen LogP contribution is 2.41. The molecule has 96 valence electrons. The van der Waals surface area contributed by atoms with Crippen LogP contribution in [0.2, 0.25) is 0 Å². The lowest BCUT2D eigenvalue weighted by atomic mass is 10.0. The van der Waals surface area contributed by atoms with Gasteiger partial charge in [0.05, 0.1) is 5.38 Å². The Bertz CT molecular complexity index is 727. The van der Waals surface area contributed by atoms with E-state index in [1.165, 1.54) is 26.1 Å². The molecule has 0 bridgehead atoms. The van der Waals surface area contributed by atoms with Gasteiger partial charge in [0, 0.05) is 14.2 Å². The molecule has 0 aliphatic rings. The summed E-state index contributed by atoms with van der Waals surface area (Å²) in [5.74, 6) is 0. The first-order valence-corrected chi connectivity index (χ1v) is 8.09. The third kappa shape index (κ3) is 2.45. The molecule has 0 fully saturated rings. The van der Waals surface area contributed by atoms with Gasteiger partial charge in [-0.3, -0.25) is 0 Å². The largest absolute Gasteiger partial charge is 0.143 e. The molecule has 1 heterocycles. The number of fused-ring (bicyclic) bond motifs is 1. The predicted octanol–water partition coefficient (Wildman–Crippen LogP) is 6.30. The molecule has 0 N–H and O–H groups in total. The van der Waals surface area contributed by atoms with Crippen LogP contribution in [0, 0.1) is 6.92 Å². The maximum Gasteiger partial charge on any atom is 0.0945 e. The van der Waals surface area contributed by atoms with E-state index in [2.05, 4.69) is 71.4 Å². The van der Waals surface area contributed by atoms with Crippen LogP contribution in [-0.4, -0.2) is 0 Å². The molecule has 0 amide bonds. The summed E-state index contributed by atoms with van der Waals surface area (Å²) in [6.45, 7) is 2.10. The summed E-state index contributed by atoms with van der Waals surface area (Å²) >= 11 is 12.1. The number of halogens is 2. The van der Waals surface area contributed by atoms with Crippen molar-refractivity contribution in [2.45, 2.75) is 12.3 Å². The Kier molecular flexibility index (Phi) is 3.66. The number of hydrogen-bond acceptors (Lipinski definition) is 1. The Balaban J connectivity index is 2.16. The molecule has 3 aromatic rings. The molecule has 3 heteroatoms. The second kappa shape index (κ2) is 5.28. The third-order valence-corrected chi connectivity index (χ3v) is 5.78. The maximum absolute atomic E-state index is 6.71. The van der Waals surface area contributed by atoms with Crippen molar-refractivity contribution in [2.24, 2.45) is 0 Å². The van der Waals surface area contributed by atoms with E-state index in [-0.39, 0.29) is 5.38 Å². The summed E-state index contributed by atoms with van der Waals surface area (Å²) in [6.07, 6.45) is 0. The van der Waals surface area contributed by atoms with Gasteiger partial charge in [-0.2, -0.15) is 0 Å². The van der Waals surface area contributed by atoms with Gasteiger partial charge in [-0.1, -0.05) is 42.5 Å². The van der Waals surface area contributed by atoms with Crippen LogP contribution in [-0.2, 0) is 0 Å². The fourth-order valence-electron chi connectivity index (χ4n) is 2.29. The van der Waals surface area contributed by atoms with Crippen LogP contribution >= 0.6 is 38.9 Å². The highest BCUT2D eigenvalue weighted by molar-refractivity contribution is 9.10. The van der Waals surface area contributed by atoms with Crippen molar-refractivity contribution < 1.29 is 0 Å². The molecule has 1 aromatic heterocycles. The highest BCUT2D eigenvalue weighted by Gasteiger charge is 2.18. The van der Waals surface area contributed by atoms with Crippen LogP contribution in [0.25, 0.3) is 10.8 Å². The van der Waals surface area contributed by atoms with Crippen molar-refractivity contribution in [1.29, 1.82) is 0 Å². The van der Waals surface area contributed by atoms with Crippen LogP contribution in [0.15, 0.2) is 53.0 Å². The van der Waals surface area contributed by atoms with E-state index in [1.54, 1.807) is 11.3 Å². The average Bonchev–Trinajstić information content (AvgIpc) is 2.76. The van der Waals surface area contributed by atoms with Crippen molar-refractivity contribution in [2.75, 3.05) is 0 Å². The van der Waals surface area contributed by atoms with Crippen LogP contribution in [0.3, 0.4) is 0 Å². The first-order valence-electron chi connectivity index (χ1n) is 6.04. The number of thiophene rings is 1. The molecule has 0 radical (unpaired) electrons. The van der Waals surface area contributed by atoms with E-state index in [9.17, 15) is 0 Å². The standard InChI is InChI=1S/C16H12BrClS/c1-10-9-14(17)16(19-10)15(18)13-8-4-6-11-5-2-3-7-12(11)13/h2-9,15H,1H3. The molecular weight excluding hydrogens is 340 g/mol. The van der Waals surface area contributed by atoms with Crippen LogP contribution in [0.5, 0.6) is 0 Å². The normalized spacial score (nSPS) is 12.8. The second-order valence-corrected chi connectivity index (χ2v) is 7.08. The Morgan fingerprint density at radius 3 is 2.58 bits per heavy atom. The van der Waals surface area contributed by atoms with Gasteiger partial charge in [-0.05, 0) is 45.3 Å². The van der Waals surface area contributed by atoms with Gasteiger partial charge >= 0.3 is 0 Å². The van der Waals surface area contributed by atoms with Gasteiger partial charge in [-0.25, -0.2) is 0 Å². The van der Waals surface area contributed by atoms with Gasteiger partial charge in [-0.15, -0.1) is 22.9 Å². The molecule has 3 rings (SSSR count). The number of benzene rings is 2. The summed E-state index contributed by atoms with van der Waals surface area (Å²) in [7, 11) is 0. The minimum absolute atomic E-state index is 0.112. The monoisotopic (exact) mass is 350 g/mol. The summed E-state index contributed by atoms with van der Waals surface area (Å²) in [6, 6.07) is 16.8. The summed E-state index contributed by atoms with van der Waals surface area (Å²) in [4.78, 5) is 2.45. The van der Waals surface area contributed by atoms with Gasteiger partial charge in [0.1, 0.15) is 0 Å². The molecule has 0 nitrogen and oxygen atoms in total. The summed E-state index contributed by atoms with van der Waals surface area (Å²) in [5, 5.41) is 2.34. The van der Waals surface area contributed by atoms with E-state index < -0.39 is 0 Å². The Morgan fingerprint density at radius 2 is 1.84 bits per heavy atom. The fraction of sp³-hybridized carbons (Fsp3) is 0.125. The van der Waals surface area contributed by atoms with Gasteiger partial charge in [0.2, 0.25) is 0 Å². The van der Waals surface area contributed by atoms with Crippen molar-refractivity contribution in [1.82, 2.24) is 0 Å². The van der Waals surface area contributed by atoms with Crippen molar-refractivity contribution >= 4 is 49.6 Å². The molecule has 0 spiro atoms. The highest BCUT2D eigenvalue weighted by atomic mass is 79.9. The smallest absolute Gasteiger partial charge is 0.0945 e. The zero-order valence-electron chi connectivity index (χ0n) is 10.4. The predicted molar refractivity (Wildman–Crippen MR) is 88.4 cm³/mol. The molecule has 0 aliphatic heterocycles. The lowest BCUT2D eigenvalue weighted by Crippen LogP contribution is -1.92. The van der Waals surface area contributed by atoms with Gasteiger partial charge < -0.3 is 0 Å². The molecule has 19 heavy (non-hydrogen) atoms. The summed E-state index contributed by atoms with van der Waals surface area (Å²) < 4.78 is 1.10. The number of rotatable bonds is 2.